The lowest BCUT2D eigenvalue weighted by Gasteiger charge is -2.21. The number of benzene rings is 1. The number of carbonyl (C=O) groups is 1. The zero-order valence-electron chi connectivity index (χ0n) is 13.8. The van der Waals surface area contributed by atoms with Gasteiger partial charge in [0.05, 0.1) is 12.7 Å². The van der Waals surface area contributed by atoms with Crippen LogP contribution in [0.1, 0.15) is 39.2 Å². The highest BCUT2D eigenvalue weighted by atomic mass is 16.5. The van der Waals surface area contributed by atoms with E-state index in [1.165, 1.54) is 5.56 Å². The molecule has 1 atom stereocenters. The number of carbonyl (C=O) groups excluding carboxylic acids is 1. The van der Waals surface area contributed by atoms with Crippen molar-refractivity contribution < 1.29 is 9.53 Å². The molecule has 0 bridgehead atoms. The van der Waals surface area contributed by atoms with E-state index < -0.39 is 5.92 Å². The first-order valence-electron chi connectivity index (χ1n) is 8.06. The molecule has 1 amide bonds. The molecule has 1 unspecified atom stereocenters. The van der Waals surface area contributed by atoms with Gasteiger partial charge in [-0.15, -0.1) is 0 Å². The summed E-state index contributed by atoms with van der Waals surface area (Å²) in [6, 6.07) is 10.1. The number of hydrogen-bond donors (Lipinski definition) is 0. The largest absolute Gasteiger partial charge is 0.494 e. The van der Waals surface area contributed by atoms with Gasteiger partial charge in [0.15, 0.2) is 0 Å². The lowest BCUT2D eigenvalue weighted by molar-refractivity contribution is -0.133. The fourth-order valence-corrected chi connectivity index (χ4v) is 2.30. The second kappa shape index (κ2) is 9.83. The number of aryl methyl sites for hydroxylation is 1. The number of ether oxygens (including phenoxy) is 1. The van der Waals surface area contributed by atoms with Crippen LogP contribution >= 0.6 is 0 Å². The molecular weight excluding hydrogens is 276 g/mol. The number of hydrogen-bond acceptors (Lipinski definition) is 3. The Morgan fingerprint density at radius 2 is 1.86 bits per heavy atom. The number of rotatable bonds is 9. The van der Waals surface area contributed by atoms with Gasteiger partial charge in [0.25, 0.3) is 0 Å². The third-order valence-corrected chi connectivity index (χ3v) is 3.77. The smallest absolute Gasteiger partial charge is 0.239 e. The summed E-state index contributed by atoms with van der Waals surface area (Å²) in [7, 11) is 0. The molecular formula is C18H26N2O2. The van der Waals surface area contributed by atoms with Gasteiger partial charge in [0.2, 0.25) is 5.91 Å². The minimum atomic E-state index is -0.564. The van der Waals surface area contributed by atoms with Gasteiger partial charge in [-0.2, -0.15) is 5.26 Å². The van der Waals surface area contributed by atoms with Crippen LogP contribution in [0.25, 0.3) is 0 Å². The monoisotopic (exact) mass is 302 g/mol. The molecule has 0 saturated heterocycles. The van der Waals surface area contributed by atoms with Gasteiger partial charge in [0, 0.05) is 13.1 Å². The van der Waals surface area contributed by atoms with Crippen molar-refractivity contribution in [2.24, 2.45) is 5.92 Å². The number of nitrogens with zero attached hydrogens (tertiary/aromatic N) is 2. The molecule has 1 aromatic rings. The van der Waals surface area contributed by atoms with Crippen LogP contribution in [0.4, 0.5) is 0 Å². The maximum Gasteiger partial charge on any atom is 0.239 e. The molecule has 4 heteroatoms. The van der Waals surface area contributed by atoms with E-state index in [0.29, 0.717) is 32.5 Å². The third-order valence-electron chi connectivity index (χ3n) is 3.77. The summed E-state index contributed by atoms with van der Waals surface area (Å²) in [5.74, 6) is 0.201. The van der Waals surface area contributed by atoms with Gasteiger partial charge in [-0.25, -0.2) is 0 Å². The average molecular weight is 302 g/mol. The summed E-state index contributed by atoms with van der Waals surface area (Å²) in [4.78, 5) is 13.8. The quantitative estimate of drug-likeness (QED) is 0.657. The normalized spacial score (nSPS) is 11.5. The van der Waals surface area contributed by atoms with Gasteiger partial charge in [-0.3, -0.25) is 4.79 Å². The zero-order valence-corrected chi connectivity index (χ0v) is 13.8. The molecule has 0 radical (unpaired) electrons. The first kappa shape index (κ1) is 18.0. The Hall–Kier alpha value is -2.02. The molecule has 0 aliphatic carbocycles. The maximum atomic E-state index is 12.1. The van der Waals surface area contributed by atoms with Crippen molar-refractivity contribution in [3.8, 4) is 11.8 Å². The Balaban J connectivity index is 2.38. The van der Waals surface area contributed by atoms with Crippen LogP contribution in [0.2, 0.25) is 0 Å². The molecule has 1 aromatic carbocycles. The molecule has 0 aliphatic heterocycles. The summed E-state index contributed by atoms with van der Waals surface area (Å²) >= 11 is 0. The topological polar surface area (TPSA) is 53.3 Å². The molecule has 0 fully saturated rings. The average Bonchev–Trinajstić information content (AvgIpc) is 2.56. The van der Waals surface area contributed by atoms with Crippen molar-refractivity contribution in [1.29, 1.82) is 5.26 Å². The Labute approximate surface area is 133 Å². The molecule has 0 spiro atoms. The number of amides is 1. The van der Waals surface area contributed by atoms with E-state index in [-0.39, 0.29) is 5.91 Å². The highest BCUT2D eigenvalue weighted by Gasteiger charge is 2.21. The van der Waals surface area contributed by atoms with Crippen molar-refractivity contribution in [3.63, 3.8) is 0 Å². The fourth-order valence-electron chi connectivity index (χ4n) is 2.30. The summed E-state index contributed by atoms with van der Waals surface area (Å²) < 4.78 is 5.66. The summed E-state index contributed by atoms with van der Waals surface area (Å²) in [5.41, 5.74) is 1.28. The van der Waals surface area contributed by atoms with E-state index in [2.05, 4.69) is 25.1 Å². The predicted molar refractivity (Wildman–Crippen MR) is 87.6 cm³/mol. The van der Waals surface area contributed by atoms with Gasteiger partial charge in [-0.1, -0.05) is 19.1 Å². The van der Waals surface area contributed by atoms with E-state index in [9.17, 15) is 10.1 Å². The van der Waals surface area contributed by atoms with Crippen LogP contribution in [0.3, 0.4) is 0 Å². The first-order valence-corrected chi connectivity index (χ1v) is 8.06. The Bertz CT molecular complexity index is 487. The second-order valence-corrected chi connectivity index (χ2v) is 5.18. The number of nitriles is 1. The third kappa shape index (κ3) is 5.40. The molecule has 0 saturated carbocycles. The predicted octanol–water partition coefficient (Wildman–Crippen LogP) is 3.42. The maximum absolute atomic E-state index is 12.1. The molecule has 0 N–H and O–H groups in total. The van der Waals surface area contributed by atoms with Crippen LogP contribution < -0.4 is 4.74 Å². The van der Waals surface area contributed by atoms with Gasteiger partial charge in [-0.05, 0) is 50.8 Å². The van der Waals surface area contributed by atoms with Crippen LogP contribution in [0, 0.1) is 17.2 Å². The van der Waals surface area contributed by atoms with Crippen LogP contribution in [0.15, 0.2) is 24.3 Å². The van der Waals surface area contributed by atoms with Crippen LogP contribution in [-0.2, 0) is 11.2 Å². The first-order chi connectivity index (χ1) is 10.7. The molecule has 0 heterocycles. The Kier molecular flexibility index (Phi) is 8.06. The minimum absolute atomic E-state index is 0.0696. The van der Waals surface area contributed by atoms with Crippen LogP contribution in [-0.4, -0.2) is 30.5 Å². The SMILES string of the molecule is CCc1ccc(OCCCC(C#N)C(=O)N(CC)CC)cc1. The van der Waals surface area contributed by atoms with Gasteiger partial charge in [0.1, 0.15) is 11.7 Å². The van der Waals surface area contributed by atoms with Gasteiger partial charge >= 0.3 is 0 Å². The van der Waals surface area contributed by atoms with E-state index in [1.54, 1.807) is 4.90 Å². The molecule has 4 nitrogen and oxygen atoms in total. The van der Waals surface area contributed by atoms with Crippen molar-refractivity contribution in [3.05, 3.63) is 29.8 Å². The molecule has 0 aromatic heterocycles. The standard InChI is InChI=1S/C18H26N2O2/c1-4-15-9-11-17(12-10-15)22-13-7-8-16(14-19)18(21)20(5-2)6-3/h9-12,16H,4-8,13H2,1-3H3. The van der Waals surface area contributed by atoms with Crippen molar-refractivity contribution in [1.82, 2.24) is 4.90 Å². The lowest BCUT2D eigenvalue weighted by atomic mass is 10.0. The molecule has 0 aliphatic rings. The highest BCUT2D eigenvalue weighted by Crippen LogP contribution is 2.14. The molecule has 22 heavy (non-hydrogen) atoms. The lowest BCUT2D eigenvalue weighted by Crippen LogP contribution is -2.35. The van der Waals surface area contributed by atoms with E-state index >= 15 is 0 Å². The van der Waals surface area contributed by atoms with E-state index in [0.717, 1.165) is 12.2 Å². The zero-order chi connectivity index (χ0) is 16.4. The summed E-state index contributed by atoms with van der Waals surface area (Å²) in [5, 5.41) is 9.17. The van der Waals surface area contributed by atoms with E-state index in [4.69, 9.17) is 4.74 Å². The molecule has 120 valence electrons. The Morgan fingerprint density at radius 1 is 1.23 bits per heavy atom. The Morgan fingerprint density at radius 3 is 2.36 bits per heavy atom. The minimum Gasteiger partial charge on any atom is -0.494 e. The van der Waals surface area contributed by atoms with E-state index in [1.807, 2.05) is 26.0 Å². The van der Waals surface area contributed by atoms with Crippen LogP contribution in [0.5, 0.6) is 5.75 Å². The highest BCUT2D eigenvalue weighted by molar-refractivity contribution is 5.81. The van der Waals surface area contributed by atoms with Gasteiger partial charge < -0.3 is 9.64 Å². The van der Waals surface area contributed by atoms with Crippen molar-refractivity contribution >= 4 is 5.91 Å². The molecule has 1 rings (SSSR count). The van der Waals surface area contributed by atoms with Crippen molar-refractivity contribution in [2.75, 3.05) is 19.7 Å². The summed E-state index contributed by atoms with van der Waals surface area (Å²) in [6.45, 7) is 7.79. The fraction of sp³-hybridized carbons (Fsp3) is 0.556. The second-order valence-electron chi connectivity index (χ2n) is 5.18. The summed E-state index contributed by atoms with van der Waals surface area (Å²) in [6.07, 6.45) is 2.25. The van der Waals surface area contributed by atoms with Crippen molar-refractivity contribution in [2.45, 2.75) is 40.0 Å².